The van der Waals surface area contributed by atoms with Gasteiger partial charge in [0.25, 0.3) is 0 Å². The Morgan fingerprint density at radius 1 is 0.415 bits per heavy atom. The van der Waals surface area contributed by atoms with Gasteiger partial charge >= 0.3 is 0 Å². The number of rotatable bonds is 5. The third-order valence-electron chi connectivity index (χ3n) is 12.1. The van der Waals surface area contributed by atoms with Gasteiger partial charge in [-0.2, -0.15) is 0 Å². The summed E-state index contributed by atoms with van der Waals surface area (Å²) in [4.78, 5) is 4.77. The number of thiophene rings is 1. The van der Waals surface area contributed by atoms with Gasteiger partial charge in [0.15, 0.2) is 0 Å². The molecule has 0 radical (unpaired) electrons. The van der Waals surface area contributed by atoms with Crippen LogP contribution in [0.5, 0.6) is 0 Å². The highest BCUT2D eigenvalue weighted by Crippen LogP contribution is 2.54. The van der Waals surface area contributed by atoms with Gasteiger partial charge in [-0.1, -0.05) is 106 Å². The maximum absolute atomic E-state index is 2.44. The molecule has 0 saturated heterocycles. The zero-order valence-electron chi connectivity index (χ0n) is 31.2. The Morgan fingerprint density at radius 3 is 1.53 bits per heavy atom. The summed E-state index contributed by atoms with van der Waals surface area (Å²) in [5, 5.41) is 2.66. The first-order valence-corrected chi connectivity index (χ1v) is 19.5. The van der Waals surface area contributed by atoms with Crippen LogP contribution in [0.3, 0.4) is 0 Å². The van der Waals surface area contributed by atoms with Crippen LogP contribution < -0.4 is 9.80 Å². The molecule has 0 N–H and O–H groups in total. The van der Waals surface area contributed by atoms with Crippen LogP contribution in [0.4, 0.5) is 28.4 Å². The van der Waals surface area contributed by atoms with Gasteiger partial charge < -0.3 is 9.80 Å². The van der Waals surface area contributed by atoms with Gasteiger partial charge in [0.05, 0.1) is 0 Å². The van der Waals surface area contributed by atoms with Crippen LogP contribution >= 0.6 is 11.3 Å². The molecule has 8 aromatic rings. The smallest absolute Gasteiger partial charge is 0.0465 e. The van der Waals surface area contributed by atoms with Gasteiger partial charge in [0, 0.05) is 66.5 Å². The summed E-state index contributed by atoms with van der Waals surface area (Å²) in [5.41, 5.74) is 17.8. The van der Waals surface area contributed by atoms with E-state index in [2.05, 4.69) is 197 Å². The molecule has 53 heavy (non-hydrogen) atoms. The maximum Gasteiger partial charge on any atom is 0.0465 e. The molecular weight excluding hydrogens is 661 g/mol. The van der Waals surface area contributed by atoms with Crippen molar-refractivity contribution in [2.45, 2.75) is 45.4 Å². The minimum atomic E-state index is -0.174. The monoisotopic (exact) mass is 702 g/mol. The van der Waals surface area contributed by atoms with E-state index >= 15 is 0 Å². The van der Waals surface area contributed by atoms with Gasteiger partial charge in [-0.05, 0) is 124 Å². The van der Waals surface area contributed by atoms with Crippen molar-refractivity contribution in [2.24, 2.45) is 0 Å². The van der Waals surface area contributed by atoms with Crippen molar-refractivity contribution >= 4 is 59.9 Å². The lowest BCUT2D eigenvalue weighted by molar-refractivity contribution is 0.659. The minimum Gasteiger partial charge on any atom is -0.345 e. The Morgan fingerprint density at radius 2 is 0.887 bits per heavy atom. The first kappa shape index (κ1) is 32.0. The number of benzene rings is 7. The number of anilines is 5. The highest BCUT2D eigenvalue weighted by molar-refractivity contribution is 7.25. The molecule has 258 valence electrons. The molecule has 0 bridgehead atoms. The fraction of sp³-hybridized carbons (Fsp3) is 0.160. The molecule has 0 fully saturated rings. The summed E-state index contributed by atoms with van der Waals surface area (Å²) in [6.07, 6.45) is 0. The van der Waals surface area contributed by atoms with Crippen molar-refractivity contribution in [3.63, 3.8) is 0 Å². The van der Waals surface area contributed by atoms with Crippen LogP contribution in [-0.4, -0.2) is 7.05 Å². The third-order valence-corrected chi connectivity index (χ3v) is 13.3. The zero-order valence-corrected chi connectivity index (χ0v) is 32.0. The molecule has 0 atom stereocenters. The summed E-state index contributed by atoms with van der Waals surface area (Å²) in [6, 6.07) is 54.6. The van der Waals surface area contributed by atoms with Crippen LogP contribution in [0, 0.1) is 6.92 Å². The largest absolute Gasteiger partial charge is 0.345 e. The average Bonchev–Trinajstić information content (AvgIpc) is 3.73. The van der Waals surface area contributed by atoms with E-state index in [0.29, 0.717) is 0 Å². The molecule has 0 unspecified atom stereocenters. The number of hydrogen-bond acceptors (Lipinski definition) is 3. The maximum atomic E-state index is 2.44. The van der Waals surface area contributed by atoms with Crippen LogP contribution in [0.25, 0.3) is 42.4 Å². The number of hydrogen-bond donors (Lipinski definition) is 0. The second-order valence-corrected chi connectivity index (χ2v) is 17.1. The summed E-state index contributed by atoms with van der Waals surface area (Å²) in [7, 11) is 2.19. The van der Waals surface area contributed by atoms with Crippen molar-refractivity contribution in [3.05, 3.63) is 173 Å². The van der Waals surface area contributed by atoms with Crippen molar-refractivity contribution in [1.29, 1.82) is 0 Å². The van der Waals surface area contributed by atoms with E-state index in [1.165, 1.54) is 93.0 Å². The van der Waals surface area contributed by atoms with Gasteiger partial charge in [-0.3, -0.25) is 0 Å². The molecule has 2 aliphatic rings. The summed E-state index contributed by atoms with van der Waals surface area (Å²) >= 11 is 1.87. The van der Waals surface area contributed by atoms with E-state index in [1.54, 1.807) is 0 Å². The van der Waals surface area contributed by atoms with Gasteiger partial charge in [0.2, 0.25) is 0 Å². The van der Waals surface area contributed by atoms with Crippen LogP contribution in [0.1, 0.15) is 55.5 Å². The number of aryl methyl sites for hydroxylation is 1. The standard InChI is InChI=1S/C50H42N2S/c1-31-16-21-37-39-23-18-35(29-45(39)49(2,3)43(37)26-31)52(32-12-8-7-9-13-32)36-19-24-40-38-22-17-34(28-44(38)50(4,5)46(40)30-36)51(6)33-20-25-48-42(27-33)41-14-10-11-15-47(41)53-48/h7-30H,1-6H3. The van der Waals surface area contributed by atoms with E-state index in [1.807, 2.05) is 11.3 Å². The minimum absolute atomic E-state index is 0.0786. The normalized spacial score (nSPS) is 14.5. The predicted molar refractivity (Wildman–Crippen MR) is 228 cm³/mol. The van der Waals surface area contributed by atoms with Gasteiger partial charge in [-0.15, -0.1) is 11.3 Å². The molecule has 2 aliphatic carbocycles. The average molecular weight is 703 g/mol. The summed E-state index contributed by atoms with van der Waals surface area (Å²) in [6.45, 7) is 11.7. The first-order valence-electron chi connectivity index (χ1n) is 18.7. The number of para-hydroxylation sites is 1. The van der Waals surface area contributed by atoms with Gasteiger partial charge in [-0.25, -0.2) is 0 Å². The molecule has 3 heteroatoms. The Kier molecular flexibility index (Phi) is 6.91. The topological polar surface area (TPSA) is 6.48 Å². The van der Waals surface area contributed by atoms with E-state index in [4.69, 9.17) is 0 Å². The quantitative estimate of drug-likeness (QED) is 0.176. The Hall–Kier alpha value is -5.64. The third kappa shape index (κ3) is 4.77. The van der Waals surface area contributed by atoms with E-state index in [9.17, 15) is 0 Å². The molecular formula is C50H42N2S. The molecule has 7 aromatic carbocycles. The molecule has 2 nitrogen and oxygen atoms in total. The molecule has 10 rings (SSSR count). The van der Waals surface area contributed by atoms with E-state index < -0.39 is 0 Å². The highest BCUT2D eigenvalue weighted by atomic mass is 32.1. The molecule has 0 aliphatic heterocycles. The SMILES string of the molecule is Cc1ccc2c(c1)C(C)(C)c1cc(N(c3ccccc3)c3ccc4c(c3)C(C)(C)c3cc(N(C)c5ccc6sc7ccccc7c6c5)ccc3-4)ccc1-2. The Labute approximate surface area is 316 Å². The zero-order chi connectivity index (χ0) is 36.2. The van der Waals surface area contributed by atoms with Crippen molar-refractivity contribution < 1.29 is 0 Å². The number of nitrogens with zero attached hydrogens (tertiary/aromatic N) is 2. The molecule has 0 amide bonds. The van der Waals surface area contributed by atoms with Crippen LogP contribution in [-0.2, 0) is 10.8 Å². The fourth-order valence-corrected chi connectivity index (χ4v) is 10.2. The van der Waals surface area contributed by atoms with E-state index in [0.717, 1.165) is 5.69 Å². The van der Waals surface area contributed by atoms with Gasteiger partial charge in [0.1, 0.15) is 0 Å². The number of fused-ring (bicyclic) bond motifs is 9. The van der Waals surface area contributed by atoms with Crippen molar-refractivity contribution in [2.75, 3.05) is 16.8 Å². The second kappa shape index (κ2) is 11.4. The van der Waals surface area contributed by atoms with Crippen molar-refractivity contribution in [1.82, 2.24) is 0 Å². The van der Waals surface area contributed by atoms with Crippen LogP contribution in [0.2, 0.25) is 0 Å². The van der Waals surface area contributed by atoms with Crippen LogP contribution in [0.15, 0.2) is 146 Å². The Bertz CT molecular complexity index is 2770. The first-order chi connectivity index (χ1) is 25.6. The lowest BCUT2D eigenvalue weighted by Crippen LogP contribution is -2.18. The lowest BCUT2D eigenvalue weighted by atomic mass is 9.81. The molecule has 1 aromatic heterocycles. The Balaban J connectivity index is 1.04. The summed E-state index contributed by atoms with van der Waals surface area (Å²) in [5.74, 6) is 0. The lowest BCUT2D eigenvalue weighted by Gasteiger charge is -2.30. The molecule has 1 heterocycles. The van der Waals surface area contributed by atoms with E-state index in [-0.39, 0.29) is 10.8 Å². The van der Waals surface area contributed by atoms with Crippen molar-refractivity contribution in [3.8, 4) is 22.3 Å². The predicted octanol–water partition coefficient (Wildman–Crippen LogP) is 14.2. The second-order valence-electron chi connectivity index (χ2n) is 16.0. The molecule has 0 spiro atoms. The highest BCUT2D eigenvalue weighted by Gasteiger charge is 2.38. The molecule has 0 saturated carbocycles. The summed E-state index contributed by atoms with van der Waals surface area (Å²) < 4.78 is 2.67. The fourth-order valence-electron chi connectivity index (χ4n) is 9.14.